The van der Waals surface area contributed by atoms with E-state index >= 15 is 0 Å². The molecule has 1 fully saturated rings. The Bertz CT molecular complexity index is 247. The lowest BCUT2D eigenvalue weighted by Crippen LogP contribution is -2.48. The van der Waals surface area contributed by atoms with Crippen molar-refractivity contribution >= 4 is 0 Å². The first-order valence-electron chi connectivity index (χ1n) is 7.33. The van der Waals surface area contributed by atoms with Crippen LogP contribution in [0.2, 0.25) is 0 Å². The molecule has 0 saturated carbocycles. The van der Waals surface area contributed by atoms with Gasteiger partial charge in [0.1, 0.15) is 0 Å². The Balaban J connectivity index is 2.22. The van der Waals surface area contributed by atoms with E-state index in [1.807, 2.05) is 0 Å². The largest absolute Gasteiger partial charge is 0.310 e. The van der Waals surface area contributed by atoms with Crippen LogP contribution in [-0.2, 0) is 0 Å². The molecule has 1 heterocycles. The molecule has 18 heavy (non-hydrogen) atoms. The second-order valence-corrected chi connectivity index (χ2v) is 5.31. The van der Waals surface area contributed by atoms with Crippen molar-refractivity contribution in [3.8, 4) is 12.3 Å². The molecule has 3 heteroatoms. The van der Waals surface area contributed by atoms with Gasteiger partial charge in [-0.3, -0.25) is 4.90 Å². The fourth-order valence-corrected chi connectivity index (χ4v) is 2.71. The van der Waals surface area contributed by atoms with Crippen molar-refractivity contribution in [3.05, 3.63) is 0 Å². The van der Waals surface area contributed by atoms with Gasteiger partial charge >= 0.3 is 0 Å². The van der Waals surface area contributed by atoms with Gasteiger partial charge in [0.15, 0.2) is 0 Å². The molecule has 1 aliphatic heterocycles. The molecule has 0 amide bonds. The molecule has 0 aromatic heterocycles. The van der Waals surface area contributed by atoms with Crippen LogP contribution >= 0.6 is 0 Å². The van der Waals surface area contributed by atoms with Crippen LogP contribution in [0.1, 0.15) is 33.6 Å². The summed E-state index contributed by atoms with van der Waals surface area (Å²) in [6.07, 6.45) is 7.80. The molecule has 104 valence electrons. The first kappa shape index (κ1) is 15.5. The van der Waals surface area contributed by atoms with Gasteiger partial charge in [0.25, 0.3) is 0 Å². The van der Waals surface area contributed by atoms with Gasteiger partial charge in [-0.25, -0.2) is 0 Å². The minimum atomic E-state index is 0.578. The van der Waals surface area contributed by atoms with Crippen molar-refractivity contribution in [1.29, 1.82) is 0 Å². The summed E-state index contributed by atoms with van der Waals surface area (Å²) in [7, 11) is 0. The van der Waals surface area contributed by atoms with Crippen molar-refractivity contribution in [2.45, 2.75) is 45.7 Å². The third kappa shape index (κ3) is 5.39. The minimum absolute atomic E-state index is 0.578. The first-order valence-corrected chi connectivity index (χ1v) is 7.33. The van der Waals surface area contributed by atoms with Crippen LogP contribution in [0.4, 0.5) is 0 Å². The molecule has 0 spiro atoms. The van der Waals surface area contributed by atoms with Gasteiger partial charge in [0, 0.05) is 31.7 Å². The summed E-state index contributed by atoms with van der Waals surface area (Å²) in [6, 6.07) is 1.25. The predicted molar refractivity (Wildman–Crippen MR) is 78.7 cm³/mol. The first-order chi connectivity index (χ1) is 8.69. The van der Waals surface area contributed by atoms with Crippen molar-refractivity contribution in [3.63, 3.8) is 0 Å². The number of piperidine rings is 1. The third-order valence-corrected chi connectivity index (χ3v) is 3.85. The molecule has 1 unspecified atom stereocenters. The summed E-state index contributed by atoms with van der Waals surface area (Å²) >= 11 is 0. The lowest BCUT2D eigenvalue weighted by Gasteiger charge is -2.34. The molecule has 0 aromatic carbocycles. The van der Waals surface area contributed by atoms with Crippen LogP contribution in [0, 0.1) is 12.3 Å². The monoisotopic (exact) mass is 251 g/mol. The number of likely N-dealkylation sites (N-methyl/N-ethyl adjacent to an activating group) is 1. The van der Waals surface area contributed by atoms with E-state index in [9.17, 15) is 0 Å². The van der Waals surface area contributed by atoms with E-state index in [0.717, 1.165) is 39.3 Å². The molecule has 1 aliphatic rings. The van der Waals surface area contributed by atoms with Crippen molar-refractivity contribution in [2.24, 2.45) is 0 Å². The number of nitrogens with zero attached hydrogens (tertiary/aromatic N) is 2. The van der Waals surface area contributed by atoms with Crippen LogP contribution in [0.5, 0.6) is 0 Å². The molecule has 1 saturated heterocycles. The molecule has 1 atom stereocenters. The maximum Gasteiger partial charge on any atom is 0.0598 e. The number of hydrogen-bond donors (Lipinski definition) is 1. The number of nitrogens with one attached hydrogen (secondary N) is 1. The maximum absolute atomic E-state index is 5.35. The number of terminal acetylenes is 1. The summed E-state index contributed by atoms with van der Waals surface area (Å²) in [5.41, 5.74) is 0. The number of rotatable bonds is 7. The van der Waals surface area contributed by atoms with Gasteiger partial charge in [0.05, 0.1) is 6.54 Å². The minimum Gasteiger partial charge on any atom is -0.310 e. The molecular weight excluding hydrogens is 222 g/mol. The maximum atomic E-state index is 5.35. The number of likely N-dealkylation sites (tertiary alicyclic amines) is 1. The van der Waals surface area contributed by atoms with Crippen LogP contribution in [-0.4, -0.2) is 61.2 Å². The number of hydrogen-bond acceptors (Lipinski definition) is 3. The normalized spacial score (nSPS) is 19.9. The Morgan fingerprint density at radius 1 is 1.33 bits per heavy atom. The van der Waals surface area contributed by atoms with Gasteiger partial charge in [-0.2, -0.15) is 0 Å². The average Bonchev–Trinajstić information content (AvgIpc) is 2.38. The van der Waals surface area contributed by atoms with E-state index in [4.69, 9.17) is 6.42 Å². The highest BCUT2D eigenvalue weighted by Crippen LogP contribution is 2.10. The Hall–Kier alpha value is -0.560. The van der Waals surface area contributed by atoms with E-state index in [0.29, 0.717) is 12.1 Å². The SMILES string of the molecule is C#CCN1CCC(NC(C)CN(CC)CC)CC1. The molecule has 0 aliphatic carbocycles. The molecular formula is C15H29N3. The summed E-state index contributed by atoms with van der Waals surface area (Å²) in [6.45, 7) is 13.3. The molecule has 3 nitrogen and oxygen atoms in total. The Labute approximate surface area is 113 Å². The fourth-order valence-electron chi connectivity index (χ4n) is 2.71. The van der Waals surface area contributed by atoms with Gasteiger partial charge in [-0.15, -0.1) is 6.42 Å². The fraction of sp³-hybridized carbons (Fsp3) is 0.867. The molecule has 1 rings (SSSR count). The van der Waals surface area contributed by atoms with Gasteiger partial charge in [0.2, 0.25) is 0 Å². The van der Waals surface area contributed by atoms with E-state index in [1.165, 1.54) is 12.8 Å². The van der Waals surface area contributed by atoms with Crippen molar-refractivity contribution < 1.29 is 0 Å². The van der Waals surface area contributed by atoms with E-state index < -0.39 is 0 Å². The highest BCUT2D eigenvalue weighted by molar-refractivity contribution is 4.90. The van der Waals surface area contributed by atoms with Crippen molar-refractivity contribution in [2.75, 3.05) is 39.3 Å². The van der Waals surface area contributed by atoms with E-state index in [2.05, 4.69) is 41.8 Å². The summed E-state index contributed by atoms with van der Waals surface area (Å²) in [5, 5.41) is 3.76. The van der Waals surface area contributed by atoms with E-state index in [1.54, 1.807) is 0 Å². The zero-order valence-electron chi connectivity index (χ0n) is 12.3. The van der Waals surface area contributed by atoms with Crippen molar-refractivity contribution in [1.82, 2.24) is 15.1 Å². The lowest BCUT2D eigenvalue weighted by molar-refractivity contribution is 0.196. The third-order valence-electron chi connectivity index (χ3n) is 3.85. The van der Waals surface area contributed by atoms with Gasteiger partial charge < -0.3 is 10.2 Å². The molecule has 0 radical (unpaired) electrons. The van der Waals surface area contributed by atoms with Gasteiger partial charge in [-0.1, -0.05) is 19.8 Å². The quantitative estimate of drug-likeness (QED) is 0.690. The van der Waals surface area contributed by atoms with Crippen LogP contribution in [0.25, 0.3) is 0 Å². The zero-order valence-corrected chi connectivity index (χ0v) is 12.3. The molecule has 0 aromatic rings. The molecule has 0 bridgehead atoms. The van der Waals surface area contributed by atoms with Crippen LogP contribution in [0.3, 0.4) is 0 Å². The molecule has 1 N–H and O–H groups in total. The van der Waals surface area contributed by atoms with Crippen LogP contribution < -0.4 is 5.32 Å². The van der Waals surface area contributed by atoms with E-state index in [-0.39, 0.29) is 0 Å². The predicted octanol–water partition coefficient (Wildman–Crippen LogP) is 1.40. The average molecular weight is 251 g/mol. The summed E-state index contributed by atoms with van der Waals surface area (Å²) in [5.74, 6) is 2.73. The summed E-state index contributed by atoms with van der Waals surface area (Å²) in [4.78, 5) is 4.85. The Morgan fingerprint density at radius 3 is 2.44 bits per heavy atom. The van der Waals surface area contributed by atoms with Crippen LogP contribution in [0.15, 0.2) is 0 Å². The van der Waals surface area contributed by atoms with Gasteiger partial charge in [-0.05, 0) is 32.9 Å². The second-order valence-electron chi connectivity index (χ2n) is 5.31. The standard InChI is InChI=1S/C15H29N3/c1-5-10-18-11-8-15(9-12-18)16-14(4)13-17(6-2)7-3/h1,14-16H,6-13H2,2-4H3. The Kier molecular flexibility index (Phi) is 7.34. The topological polar surface area (TPSA) is 18.5 Å². The highest BCUT2D eigenvalue weighted by Gasteiger charge is 2.20. The smallest absolute Gasteiger partial charge is 0.0598 e. The Morgan fingerprint density at radius 2 is 1.94 bits per heavy atom. The zero-order chi connectivity index (χ0) is 13.4. The second kappa shape index (κ2) is 8.53. The summed E-state index contributed by atoms with van der Waals surface area (Å²) < 4.78 is 0. The highest BCUT2D eigenvalue weighted by atomic mass is 15.2. The lowest BCUT2D eigenvalue weighted by atomic mass is 10.0.